The zero-order valence-corrected chi connectivity index (χ0v) is 31.7. The first-order valence-electron chi connectivity index (χ1n) is 17.9. The molecule has 0 radical (unpaired) electrons. The maximum absolute atomic E-state index is 13.5. The fourth-order valence-electron chi connectivity index (χ4n) is 7.17. The van der Waals surface area contributed by atoms with Crippen molar-refractivity contribution in [1.82, 2.24) is 35.2 Å². The average molecular weight is 785 g/mol. The summed E-state index contributed by atoms with van der Waals surface area (Å²) >= 11 is 14.2. The summed E-state index contributed by atoms with van der Waals surface area (Å²) in [5.74, 6) is 0.432. The third kappa shape index (κ3) is 8.14. The predicted molar refractivity (Wildman–Crippen MR) is 209 cm³/mol. The number of fused-ring (bicyclic) bond motifs is 1. The number of carbonyl (C=O) groups is 3. The second-order valence-corrected chi connectivity index (χ2v) is 14.5. The summed E-state index contributed by atoms with van der Waals surface area (Å²) in [4.78, 5) is 59.3. The minimum absolute atomic E-state index is 0.0777. The monoisotopic (exact) mass is 783 g/mol. The molecule has 2 atom stereocenters. The number of amides is 3. The molecule has 3 aromatic heterocycles. The van der Waals surface area contributed by atoms with Crippen LogP contribution in [0.2, 0.25) is 10.0 Å². The molecule has 15 heteroatoms. The zero-order valence-electron chi connectivity index (χ0n) is 30.2. The van der Waals surface area contributed by atoms with E-state index in [1.54, 1.807) is 13.3 Å². The standard InChI is InChI=1S/C40H39Cl2N7O6/c1-22-15-24(19-49-35(52)16-27(46-38(22)49)21-48(40(53)54)20-26-11-14-34(51)45-26)28-5-3-6-29(36(28)41)30-7-4-8-31(37(30)42)32-12-9-23(39(47-32)55-2)17-43-18-25-10-13-33(50)44-25/h3-9,12,15-16,19,25-26,43H,10-11,13-14,17-18,20-21H2,1-2H3,(H,44,50)(H,45,51)(H,53,54). The van der Waals surface area contributed by atoms with Crippen molar-refractivity contribution < 1.29 is 24.2 Å². The number of rotatable bonds is 12. The van der Waals surface area contributed by atoms with Gasteiger partial charge in [-0.25, -0.2) is 14.8 Å². The summed E-state index contributed by atoms with van der Waals surface area (Å²) in [6.07, 6.45) is 2.76. The number of ether oxygens (including phenoxy) is 1. The fourth-order valence-corrected chi connectivity index (χ4v) is 7.83. The Morgan fingerprint density at radius 1 is 0.927 bits per heavy atom. The van der Waals surface area contributed by atoms with Crippen LogP contribution in [-0.4, -0.2) is 74.6 Å². The molecule has 2 saturated heterocycles. The Hall–Kier alpha value is -5.50. The molecule has 5 aromatic rings. The lowest BCUT2D eigenvalue weighted by atomic mass is 9.97. The van der Waals surface area contributed by atoms with Gasteiger partial charge in [0.2, 0.25) is 17.7 Å². The molecule has 3 amide bonds. The summed E-state index contributed by atoms with van der Waals surface area (Å²) in [5.41, 5.74) is 5.91. The van der Waals surface area contributed by atoms with Gasteiger partial charge in [0.25, 0.3) is 5.56 Å². The highest BCUT2D eigenvalue weighted by Crippen LogP contribution is 2.42. The minimum atomic E-state index is -1.17. The number of pyridine rings is 2. The third-order valence-electron chi connectivity index (χ3n) is 9.95. The first kappa shape index (κ1) is 37.8. The Balaban J connectivity index is 1.14. The van der Waals surface area contributed by atoms with Crippen molar-refractivity contribution in [3.63, 3.8) is 0 Å². The van der Waals surface area contributed by atoms with Gasteiger partial charge in [-0.1, -0.05) is 65.7 Å². The van der Waals surface area contributed by atoms with Crippen molar-refractivity contribution in [1.29, 1.82) is 0 Å². The largest absolute Gasteiger partial charge is 0.481 e. The topological polar surface area (TPSA) is 167 Å². The van der Waals surface area contributed by atoms with Crippen LogP contribution in [0, 0.1) is 6.92 Å². The molecule has 2 fully saturated rings. The van der Waals surface area contributed by atoms with E-state index in [1.165, 1.54) is 10.5 Å². The van der Waals surface area contributed by atoms with Crippen molar-refractivity contribution in [3.05, 3.63) is 104 Å². The van der Waals surface area contributed by atoms with Crippen LogP contribution in [0.3, 0.4) is 0 Å². The lowest BCUT2D eigenvalue weighted by Gasteiger charge is -2.22. The van der Waals surface area contributed by atoms with Crippen molar-refractivity contribution in [2.45, 2.75) is 57.8 Å². The molecule has 7 rings (SSSR count). The lowest BCUT2D eigenvalue weighted by Crippen LogP contribution is -2.41. The highest BCUT2D eigenvalue weighted by molar-refractivity contribution is 6.39. The molecule has 2 aliphatic rings. The Morgan fingerprint density at radius 3 is 2.24 bits per heavy atom. The third-order valence-corrected chi connectivity index (χ3v) is 10.8. The number of carbonyl (C=O) groups excluding carboxylic acids is 2. The molecule has 13 nitrogen and oxygen atoms in total. The van der Waals surface area contributed by atoms with Gasteiger partial charge in [-0.05, 0) is 37.5 Å². The Labute approximate surface area is 326 Å². The SMILES string of the molecule is COc1nc(-c2cccc(-c3cccc(-c4cc(C)c5nc(CN(CC6CCC(=O)N6)C(=O)O)cc(=O)n5c4)c3Cl)c2Cl)ccc1CNCC1CCC(=O)N1. The van der Waals surface area contributed by atoms with Crippen LogP contribution in [0.25, 0.3) is 39.2 Å². The molecule has 0 bridgehead atoms. The average Bonchev–Trinajstić information content (AvgIpc) is 3.78. The summed E-state index contributed by atoms with van der Waals surface area (Å²) in [5, 5.41) is 19.8. The number of methoxy groups -OCH3 is 1. The van der Waals surface area contributed by atoms with Gasteiger partial charge in [-0.15, -0.1) is 0 Å². The molecule has 0 aliphatic carbocycles. The smallest absolute Gasteiger partial charge is 0.407 e. The molecule has 2 aromatic carbocycles. The molecule has 2 unspecified atom stereocenters. The number of halogens is 2. The summed E-state index contributed by atoms with van der Waals surface area (Å²) < 4.78 is 7.07. The van der Waals surface area contributed by atoms with Gasteiger partial charge in [0.05, 0.1) is 35.1 Å². The van der Waals surface area contributed by atoms with Crippen LogP contribution in [0.5, 0.6) is 5.88 Å². The van der Waals surface area contributed by atoms with E-state index in [2.05, 4.69) is 20.9 Å². The summed E-state index contributed by atoms with van der Waals surface area (Å²) in [6, 6.07) is 18.1. The number of aryl methyl sites for hydroxylation is 1. The summed E-state index contributed by atoms with van der Waals surface area (Å²) in [7, 11) is 1.57. The van der Waals surface area contributed by atoms with Gasteiger partial charge in [0, 0.05) is 90.2 Å². The van der Waals surface area contributed by atoms with E-state index in [4.69, 9.17) is 32.9 Å². The van der Waals surface area contributed by atoms with Crippen LogP contribution in [-0.2, 0) is 22.7 Å². The highest BCUT2D eigenvalue weighted by atomic mass is 35.5. The second kappa shape index (κ2) is 16.1. The molecule has 0 saturated carbocycles. The molecular formula is C40H39Cl2N7O6. The number of nitrogens with zero attached hydrogens (tertiary/aromatic N) is 4. The molecule has 4 N–H and O–H groups in total. The molecule has 2 aliphatic heterocycles. The van der Waals surface area contributed by atoms with E-state index in [9.17, 15) is 24.3 Å². The molecule has 55 heavy (non-hydrogen) atoms. The normalized spacial score (nSPS) is 16.7. The minimum Gasteiger partial charge on any atom is -0.481 e. The van der Waals surface area contributed by atoms with Crippen molar-refractivity contribution >= 4 is 46.8 Å². The Kier molecular flexibility index (Phi) is 11.0. The number of hydrogen-bond acceptors (Lipinski definition) is 8. The van der Waals surface area contributed by atoms with Crippen LogP contribution in [0.4, 0.5) is 4.79 Å². The van der Waals surface area contributed by atoms with Crippen LogP contribution >= 0.6 is 23.2 Å². The van der Waals surface area contributed by atoms with E-state index in [1.807, 2.05) is 61.5 Å². The van der Waals surface area contributed by atoms with Gasteiger partial charge in [-0.3, -0.25) is 18.8 Å². The van der Waals surface area contributed by atoms with E-state index in [0.29, 0.717) is 98.7 Å². The number of hydrogen-bond donors (Lipinski definition) is 4. The number of aromatic nitrogens is 3. The molecule has 0 spiro atoms. The van der Waals surface area contributed by atoms with Gasteiger partial charge in [0.1, 0.15) is 5.65 Å². The summed E-state index contributed by atoms with van der Waals surface area (Å²) in [6.45, 7) is 2.99. The number of benzene rings is 2. The quantitative estimate of drug-likeness (QED) is 0.122. The van der Waals surface area contributed by atoms with Crippen LogP contribution in [0.1, 0.15) is 42.5 Å². The van der Waals surface area contributed by atoms with E-state index < -0.39 is 6.09 Å². The number of carboxylic acid groups (broad SMARTS) is 1. The van der Waals surface area contributed by atoms with Gasteiger partial charge in [-0.2, -0.15) is 0 Å². The molecule has 284 valence electrons. The van der Waals surface area contributed by atoms with E-state index >= 15 is 0 Å². The lowest BCUT2D eigenvalue weighted by molar-refractivity contribution is -0.120. The van der Waals surface area contributed by atoms with Crippen LogP contribution in [0.15, 0.2) is 71.7 Å². The zero-order chi connectivity index (χ0) is 38.8. The maximum atomic E-state index is 13.5. The Morgan fingerprint density at radius 2 is 1.58 bits per heavy atom. The first-order valence-corrected chi connectivity index (χ1v) is 18.7. The molecular weight excluding hydrogens is 745 g/mol. The highest BCUT2D eigenvalue weighted by Gasteiger charge is 2.26. The predicted octanol–water partition coefficient (Wildman–Crippen LogP) is 5.84. The van der Waals surface area contributed by atoms with E-state index in [-0.39, 0.29) is 42.5 Å². The fraction of sp³-hybridized carbons (Fsp3) is 0.300. The number of nitrogens with one attached hydrogen (secondary N) is 3. The van der Waals surface area contributed by atoms with Gasteiger partial charge in [0.15, 0.2) is 0 Å². The second-order valence-electron chi connectivity index (χ2n) is 13.8. The van der Waals surface area contributed by atoms with Crippen LogP contribution < -0.4 is 26.2 Å². The van der Waals surface area contributed by atoms with Crippen molar-refractivity contribution in [2.24, 2.45) is 0 Å². The van der Waals surface area contributed by atoms with Crippen molar-refractivity contribution in [2.75, 3.05) is 20.2 Å². The van der Waals surface area contributed by atoms with Gasteiger partial charge >= 0.3 is 6.09 Å². The molecule has 5 heterocycles. The Bertz CT molecular complexity index is 2390. The van der Waals surface area contributed by atoms with Crippen molar-refractivity contribution in [3.8, 4) is 39.4 Å². The van der Waals surface area contributed by atoms with E-state index in [0.717, 1.165) is 16.9 Å². The first-order chi connectivity index (χ1) is 26.5. The maximum Gasteiger partial charge on any atom is 0.407 e. The van der Waals surface area contributed by atoms with Gasteiger partial charge < -0.3 is 30.7 Å².